The minimum atomic E-state index is -0.239. The zero-order valence-electron chi connectivity index (χ0n) is 20.9. The molecule has 4 rings (SSSR count). The molecular weight excluding hydrogens is 442 g/mol. The van der Waals surface area contributed by atoms with Crippen LogP contribution in [0.15, 0.2) is 47.5 Å². The van der Waals surface area contributed by atoms with Crippen molar-refractivity contribution in [3.63, 3.8) is 0 Å². The maximum absolute atomic E-state index is 13.6. The third-order valence-electron chi connectivity index (χ3n) is 6.82. The summed E-state index contributed by atoms with van der Waals surface area (Å²) in [6.45, 7) is 8.84. The monoisotopic (exact) mass is 477 g/mol. The molecule has 3 aliphatic rings. The second kappa shape index (κ2) is 10.9. The van der Waals surface area contributed by atoms with Gasteiger partial charge in [0, 0.05) is 51.0 Å². The summed E-state index contributed by atoms with van der Waals surface area (Å²) in [5.41, 5.74) is 1.69. The lowest BCUT2D eigenvalue weighted by molar-refractivity contribution is -0.137. The van der Waals surface area contributed by atoms with E-state index >= 15 is 0 Å². The highest BCUT2D eigenvalue weighted by atomic mass is 16.2. The van der Waals surface area contributed by atoms with Crippen LogP contribution in [0.4, 0.5) is 0 Å². The van der Waals surface area contributed by atoms with Crippen LogP contribution in [0.2, 0.25) is 0 Å². The van der Waals surface area contributed by atoms with E-state index in [-0.39, 0.29) is 23.3 Å². The molecule has 1 aromatic rings. The number of carbonyl (C=O) groups is 2. The lowest BCUT2D eigenvalue weighted by Crippen LogP contribution is -2.52. The molecule has 1 fully saturated rings. The maximum atomic E-state index is 13.6. The standard InChI is InChI=1S/C27H35N5O3/c1-4-10-20(11-5-2)25(33)30-14-16-31(17-15-30)26(34)22-18-29(6-3)19-23-24(22)28-32(27(23)35)21-12-8-7-9-13-21/h7-9,12-13,18-20H,4-6,10-11,14-17H2,1-3H3. The summed E-state index contributed by atoms with van der Waals surface area (Å²) in [6, 6.07) is 9.23. The molecule has 0 aliphatic carbocycles. The van der Waals surface area contributed by atoms with Crippen LogP contribution in [-0.4, -0.2) is 62.1 Å². The Bertz CT molecular complexity index is 1190. The molecular formula is C27H35N5O3. The van der Waals surface area contributed by atoms with Gasteiger partial charge in [-0.15, -0.1) is 0 Å². The molecule has 8 nitrogen and oxygen atoms in total. The molecule has 35 heavy (non-hydrogen) atoms. The van der Waals surface area contributed by atoms with Gasteiger partial charge in [0.05, 0.1) is 16.8 Å². The third kappa shape index (κ3) is 5.01. The Kier molecular flexibility index (Phi) is 7.68. The predicted molar refractivity (Wildman–Crippen MR) is 136 cm³/mol. The summed E-state index contributed by atoms with van der Waals surface area (Å²) < 4.78 is 3.22. The summed E-state index contributed by atoms with van der Waals surface area (Å²) in [4.78, 5) is 43.5. The molecule has 3 heterocycles. The summed E-state index contributed by atoms with van der Waals surface area (Å²) in [7, 11) is 0. The molecule has 0 radical (unpaired) electrons. The van der Waals surface area contributed by atoms with Crippen molar-refractivity contribution in [3.8, 4) is 16.9 Å². The number of hydrogen-bond acceptors (Lipinski definition) is 4. The number of aromatic nitrogens is 3. The van der Waals surface area contributed by atoms with Crippen LogP contribution >= 0.6 is 0 Å². The van der Waals surface area contributed by atoms with Crippen LogP contribution in [0.1, 0.15) is 56.8 Å². The molecule has 1 aromatic carbocycles. The summed E-state index contributed by atoms with van der Waals surface area (Å²) >= 11 is 0. The highest BCUT2D eigenvalue weighted by molar-refractivity contribution is 6.00. The molecule has 0 N–H and O–H groups in total. The average Bonchev–Trinajstić information content (AvgIpc) is 3.24. The predicted octanol–water partition coefficient (Wildman–Crippen LogP) is 3.66. The zero-order valence-corrected chi connectivity index (χ0v) is 20.9. The van der Waals surface area contributed by atoms with E-state index in [0.717, 1.165) is 25.7 Å². The molecule has 0 spiro atoms. The van der Waals surface area contributed by atoms with Gasteiger partial charge in [0.25, 0.3) is 11.5 Å². The van der Waals surface area contributed by atoms with E-state index < -0.39 is 0 Å². The van der Waals surface area contributed by atoms with E-state index in [1.807, 2.05) is 46.7 Å². The molecule has 3 aliphatic heterocycles. The Balaban J connectivity index is 1.57. The lowest BCUT2D eigenvalue weighted by atomic mass is 9.96. The fourth-order valence-corrected chi connectivity index (χ4v) is 4.89. The van der Waals surface area contributed by atoms with Crippen molar-refractivity contribution >= 4 is 11.8 Å². The van der Waals surface area contributed by atoms with Crippen LogP contribution in [-0.2, 0) is 11.3 Å². The summed E-state index contributed by atoms with van der Waals surface area (Å²) in [5, 5.41) is 4.56. The van der Waals surface area contributed by atoms with Crippen LogP contribution in [0, 0.1) is 5.92 Å². The number of fused-ring (bicyclic) bond motifs is 1. The zero-order chi connectivity index (χ0) is 24.9. The first-order chi connectivity index (χ1) is 17.0. The number of piperazine rings is 1. The second-order valence-electron chi connectivity index (χ2n) is 9.21. The Morgan fingerprint density at radius 2 is 1.54 bits per heavy atom. The number of aryl methyl sites for hydroxylation is 1. The SMILES string of the molecule is CCCC(CCC)C(=O)N1CCN(C(=O)c2cn(CC)cc3c(=O)n(-c4ccccc4)nc2-3)CC1. The first kappa shape index (κ1) is 24.7. The van der Waals surface area contributed by atoms with Crippen LogP contribution < -0.4 is 5.56 Å². The van der Waals surface area contributed by atoms with Gasteiger partial charge in [0.1, 0.15) is 5.69 Å². The molecule has 0 bridgehead atoms. The van der Waals surface area contributed by atoms with Crippen LogP contribution in [0.5, 0.6) is 0 Å². The fraction of sp³-hybridized carbons (Fsp3) is 0.481. The van der Waals surface area contributed by atoms with Gasteiger partial charge in [-0.1, -0.05) is 44.9 Å². The van der Waals surface area contributed by atoms with Gasteiger partial charge >= 0.3 is 0 Å². The summed E-state index contributed by atoms with van der Waals surface area (Å²) in [5.74, 6) is 0.132. The van der Waals surface area contributed by atoms with Crippen molar-refractivity contribution in [2.45, 2.75) is 53.0 Å². The molecule has 0 unspecified atom stereocenters. The third-order valence-corrected chi connectivity index (χ3v) is 6.82. The Hall–Kier alpha value is -3.42. The number of carbonyl (C=O) groups excluding carboxylic acids is 2. The highest BCUT2D eigenvalue weighted by Crippen LogP contribution is 2.25. The normalized spacial score (nSPS) is 14.2. The van der Waals surface area contributed by atoms with Gasteiger partial charge in [-0.2, -0.15) is 9.78 Å². The maximum Gasteiger partial charge on any atom is 0.282 e. The van der Waals surface area contributed by atoms with Crippen molar-refractivity contribution in [1.29, 1.82) is 0 Å². The van der Waals surface area contributed by atoms with Crippen molar-refractivity contribution in [2.24, 2.45) is 5.92 Å². The van der Waals surface area contributed by atoms with E-state index in [2.05, 4.69) is 18.9 Å². The van der Waals surface area contributed by atoms with E-state index in [9.17, 15) is 14.4 Å². The van der Waals surface area contributed by atoms with Gasteiger partial charge in [0.15, 0.2) is 0 Å². The molecule has 1 saturated heterocycles. The Labute approximate surface area is 206 Å². The smallest absolute Gasteiger partial charge is 0.282 e. The first-order valence-corrected chi connectivity index (χ1v) is 12.7. The van der Waals surface area contributed by atoms with Crippen LogP contribution in [0.25, 0.3) is 16.9 Å². The van der Waals surface area contributed by atoms with Crippen molar-refractivity contribution in [1.82, 2.24) is 24.1 Å². The number of hydrogen-bond donors (Lipinski definition) is 0. The molecule has 2 amide bonds. The largest absolute Gasteiger partial charge is 0.353 e. The minimum absolute atomic E-state index is 0.0712. The molecule has 8 heteroatoms. The van der Waals surface area contributed by atoms with Crippen molar-refractivity contribution < 1.29 is 9.59 Å². The first-order valence-electron chi connectivity index (χ1n) is 12.7. The Morgan fingerprint density at radius 3 is 2.14 bits per heavy atom. The topological polar surface area (TPSA) is 80.4 Å². The van der Waals surface area contributed by atoms with Gasteiger partial charge in [-0.05, 0) is 31.9 Å². The number of pyridine rings is 1. The summed E-state index contributed by atoms with van der Waals surface area (Å²) in [6.07, 6.45) is 7.35. The second-order valence-corrected chi connectivity index (χ2v) is 9.21. The number of nitrogens with zero attached hydrogens (tertiary/aromatic N) is 5. The molecule has 0 aromatic heterocycles. The number of amides is 2. The number of para-hydroxylation sites is 1. The van der Waals surface area contributed by atoms with E-state index in [1.165, 1.54) is 4.68 Å². The quantitative estimate of drug-likeness (QED) is 0.496. The van der Waals surface area contributed by atoms with E-state index in [4.69, 9.17) is 0 Å². The minimum Gasteiger partial charge on any atom is -0.353 e. The van der Waals surface area contributed by atoms with E-state index in [1.54, 1.807) is 17.3 Å². The average molecular weight is 478 g/mol. The van der Waals surface area contributed by atoms with Gasteiger partial charge in [-0.3, -0.25) is 14.4 Å². The lowest BCUT2D eigenvalue weighted by Gasteiger charge is -2.36. The van der Waals surface area contributed by atoms with Gasteiger partial charge in [-0.25, -0.2) is 0 Å². The Morgan fingerprint density at radius 1 is 0.914 bits per heavy atom. The number of rotatable bonds is 8. The van der Waals surface area contributed by atoms with Gasteiger partial charge < -0.3 is 14.4 Å². The fourth-order valence-electron chi connectivity index (χ4n) is 4.89. The van der Waals surface area contributed by atoms with Gasteiger partial charge in [0.2, 0.25) is 5.91 Å². The van der Waals surface area contributed by atoms with Crippen LogP contribution in [0.3, 0.4) is 0 Å². The molecule has 0 atom stereocenters. The van der Waals surface area contributed by atoms with Crippen molar-refractivity contribution in [3.05, 3.63) is 58.6 Å². The molecule has 186 valence electrons. The highest BCUT2D eigenvalue weighted by Gasteiger charge is 2.31. The number of benzene rings is 1. The molecule has 0 saturated carbocycles. The van der Waals surface area contributed by atoms with E-state index in [0.29, 0.717) is 55.2 Å². The van der Waals surface area contributed by atoms with Crippen molar-refractivity contribution in [2.75, 3.05) is 26.2 Å².